The molecule has 1 fully saturated rings. The molecule has 0 aromatic rings. The number of carboxylic acids is 1. The SMILES string of the molecule is CCN(C(=O)NC(CO)C(=O)O)C1CC1. The molecule has 86 valence electrons. The Morgan fingerprint density at radius 2 is 2.13 bits per heavy atom. The van der Waals surface area contributed by atoms with Crippen LogP contribution in [0.3, 0.4) is 0 Å². The monoisotopic (exact) mass is 216 g/mol. The number of aliphatic hydroxyl groups excluding tert-OH is 1. The molecule has 1 aliphatic rings. The van der Waals surface area contributed by atoms with E-state index in [0.29, 0.717) is 6.54 Å². The van der Waals surface area contributed by atoms with Crippen molar-refractivity contribution in [2.24, 2.45) is 0 Å². The van der Waals surface area contributed by atoms with Crippen LogP contribution in [0.25, 0.3) is 0 Å². The standard InChI is InChI=1S/C9H16N2O4/c1-2-11(6-3-4-6)9(15)10-7(5-12)8(13)14/h6-7,12H,2-5H2,1H3,(H,10,15)(H,13,14). The van der Waals surface area contributed by atoms with Crippen LogP contribution in [0.15, 0.2) is 0 Å². The lowest BCUT2D eigenvalue weighted by atomic mass is 10.3. The largest absolute Gasteiger partial charge is 0.480 e. The van der Waals surface area contributed by atoms with Crippen LogP contribution < -0.4 is 5.32 Å². The van der Waals surface area contributed by atoms with Crippen LogP contribution in [0.4, 0.5) is 4.79 Å². The van der Waals surface area contributed by atoms with Crippen molar-refractivity contribution in [2.75, 3.05) is 13.2 Å². The summed E-state index contributed by atoms with van der Waals surface area (Å²) in [6, 6.07) is -1.39. The van der Waals surface area contributed by atoms with Crippen LogP contribution in [-0.2, 0) is 4.79 Å². The Balaban J connectivity index is 2.48. The van der Waals surface area contributed by atoms with Crippen molar-refractivity contribution in [3.63, 3.8) is 0 Å². The van der Waals surface area contributed by atoms with Crippen LogP contribution in [-0.4, -0.2) is 52.3 Å². The molecule has 0 aromatic heterocycles. The first-order chi connectivity index (χ1) is 7.10. The first-order valence-electron chi connectivity index (χ1n) is 5.01. The molecular formula is C9H16N2O4. The fourth-order valence-electron chi connectivity index (χ4n) is 1.37. The van der Waals surface area contributed by atoms with E-state index in [1.807, 2.05) is 6.92 Å². The average molecular weight is 216 g/mol. The van der Waals surface area contributed by atoms with Crippen molar-refractivity contribution in [3.8, 4) is 0 Å². The van der Waals surface area contributed by atoms with Gasteiger partial charge in [0, 0.05) is 12.6 Å². The molecule has 0 bridgehead atoms. The summed E-state index contributed by atoms with van der Waals surface area (Å²) in [6.07, 6.45) is 1.94. The molecule has 1 unspecified atom stereocenters. The number of rotatable bonds is 5. The maximum atomic E-state index is 11.6. The quantitative estimate of drug-likeness (QED) is 0.584. The molecule has 1 saturated carbocycles. The third kappa shape index (κ3) is 3.09. The molecule has 0 aromatic carbocycles. The lowest BCUT2D eigenvalue weighted by Gasteiger charge is -2.22. The number of hydrogen-bond acceptors (Lipinski definition) is 3. The molecule has 15 heavy (non-hydrogen) atoms. The minimum Gasteiger partial charge on any atom is -0.480 e. The third-order valence-corrected chi connectivity index (χ3v) is 2.37. The van der Waals surface area contributed by atoms with Crippen molar-refractivity contribution in [3.05, 3.63) is 0 Å². The zero-order chi connectivity index (χ0) is 11.4. The van der Waals surface area contributed by atoms with Crippen molar-refractivity contribution >= 4 is 12.0 Å². The molecule has 0 spiro atoms. The summed E-state index contributed by atoms with van der Waals surface area (Å²) in [7, 11) is 0. The zero-order valence-electron chi connectivity index (χ0n) is 8.64. The number of carbonyl (C=O) groups is 2. The molecule has 0 heterocycles. The molecule has 0 saturated heterocycles. The number of amides is 2. The maximum Gasteiger partial charge on any atom is 0.328 e. The van der Waals surface area contributed by atoms with Crippen LogP contribution in [0, 0.1) is 0 Å². The number of hydrogen-bond donors (Lipinski definition) is 3. The Hall–Kier alpha value is -1.30. The van der Waals surface area contributed by atoms with Gasteiger partial charge in [0.1, 0.15) is 0 Å². The molecule has 0 aliphatic heterocycles. The van der Waals surface area contributed by atoms with Gasteiger partial charge < -0.3 is 20.4 Å². The van der Waals surface area contributed by atoms with E-state index >= 15 is 0 Å². The first kappa shape index (κ1) is 11.8. The summed E-state index contributed by atoms with van der Waals surface area (Å²) in [5.74, 6) is -1.22. The molecule has 6 nitrogen and oxygen atoms in total. The molecular weight excluding hydrogens is 200 g/mol. The van der Waals surface area contributed by atoms with E-state index in [2.05, 4.69) is 5.32 Å². The van der Waals surface area contributed by atoms with Gasteiger partial charge in [-0.3, -0.25) is 0 Å². The van der Waals surface area contributed by atoms with E-state index < -0.39 is 24.6 Å². The number of urea groups is 1. The number of carbonyl (C=O) groups excluding carboxylic acids is 1. The van der Waals surface area contributed by atoms with Crippen molar-refractivity contribution in [2.45, 2.75) is 31.8 Å². The summed E-state index contributed by atoms with van der Waals surface area (Å²) in [6.45, 7) is 1.80. The molecule has 0 radical (unpaired) electrons. The van der Waals surface area contributed by atoms with Gasteiger partial charge in [0.15, 0.2) is 6.04 Å². The van der Waals surface area contributed by atoms with E-state index in [9.17, 15) is 9.59 Å². The molecule has 1 atom stereocenters. The molecule has 2 amide bonds. The first-order valence-corrected chi connectivity index (χ1v) is 5.01. The van der Waals surface area contributed by atoms with Crippen LogP contribution in [0.1, 0.15) is 19.8 Å². The maximum absolute atomic E-state index is 11.6. The van der Waals surface area contributed by atoms with E-state index in [1.54, 1.807) is 4.90 Å². The number of aliphatic carboxylic acids is 1. The second-order valence-corrected chi connectivity index (χ2v) is 3.54. The molecule has 1 aliphatic carbocycles. The highest BCUT2D eigenvalue weighted by molar-refractivity contribution is 5.82. The third-order valence-electron chi connectivity index (χ3n) is 2.37. The number of aliphatic hydroxyl groups is 1. The van der Waals surface area contributed by atoms with Crippen molar-refractivity contribution in [1.82, 2.24) is 10.2 Å². The number of nitrogens with zero attached hydrogens (tertiary/aromatic N) is 1. The highest BCUT2D eigenvalue weighted by atomic mass is 16.4. The fourth-order valence-corrected chi connectivity index (χ4v) is 1.37. The van der Waals surface area contributed by atoms with Gasteiger partial charge in [0.25, 0.3) is 0 Å². The van der Waals surface area contributed by atoms with Crippen molar-refractivity contribution in [1.29, 1.82) is 0 Å². The Morgan fingerprint density at radius 3 is 2.47 bits per heavy atom. The minimum atomic E-state index is -1.22. The topological polar surface area (TPSA) is 89.9 Å². The highest BCUT2D eigenvalue weighted by Gasteiger charge is 2.32. The lowest BCUT2D eigenvalue weighted by Crippen LogP contribution is -2.50. The predicted molar refractivity (Wildman–Crippen MR) is 52.4 cm³/mol. The van der Waals surface area contributed by atoms with Gasteiger partial charge >= 0.3 is 12.0 Å². The van der Waals surface area contributed by atoms with Crippen LogP contribution >= 0.6 is 0 Å². The molecule has 1 rings (SSSR count). The highest BCUT2D eigenvalue weighted by Crippen LogP contribution is 2.26. The second-order valence-electron chi connectivity index (χ2n) is 3.54. The predicted octanol–water partition coefficient (Wildman–Crippen LogP) is -0.374. The molecule has 6 heteroatoms. The smallest absolute Gasteiger partial charge is 0.328 e. The van der Waals surface area contributed by atoms with Gasteiger partial charge in [-0.25, -0.2) is 9.59 Å². The summed E-state index contributed by atoms with van der Waals surface area (Å²) in [5.41, 5.74) is 0. The Morgan fingerprint density at radius 1 is 1.53 bits per heavy atom. The lowest BCUT2D eigenvalue weighted by molar-refractivity contribution is -0.140. The van der Waals surface area contributed by atoms with Gasteiger partial charge in [-0.05, 0) is 19.8 Å². The van der Waals surface area contributed by atoms with E-state index in [1.165, 1.54) is 0 Å². The summed E-state index contributed by atoms with van der Waals surface area (Å²) >= 11 is 0. The van der Waals surface area contributed by atoms with Gasteiger partial charge in [0.05, 0.1) is 6.61 Å². The molecule has 3 N–H and O–H groups in total. The van der Waals surface area contributed by atoms with Gasteiger partial charge in [0.2, 0.25) is 0 Å². The average Bonchev–Trinajstić information content (AvgIpc) is 2.99. The summed E-state index contributed by atoms with van der Waals surface area (Å²) in [5, 5.41) is 19.7. The second kappa shape index (κ2) is 4.97. The van der Waals surface area contributed by atoms with Gasteiger partial charge in [-0.2, -0.15) is 0 Å². The Labute approximate surface area is 87.9 Å². The number of carboxylic acid groups (broad SMARTS) is 1. The summed E-state index contributed by atoms with van der Waals surface area (Å²) in [4.78, 5) is 23.7. The zero-order valence-corrected chi connectivity index (χ0v) is 8.64. The fraction of sp³-hybridized carbons (Fsp3) is 0.778. The normalized spacial score (nSPS) is 16.9. The van der Waals surface area contributed by atoms with Gasteiger partial charge in [-0.1, -0.05) is 0 Å². The van der Waals surface area contributed by atoms with Crippen molar-refractivity contribution < 1.29 is 19.8 Å². The Kier molecular flexibility index (Phi) is 3.90. The number of nitrogens with one attached hydrogen (secondary N) is 1. The summed E-state index contributed by atoms with van der Waals surface area (Å²) < 4.78 is 0. The van der Waals surface area contributed by atoms with E-state index in [-0.39, 0.29) is 6.04 Å². The van der Waals surface area contributed by atoms with Crippen LogP contribution in [0.2, 0.25) is 0 Å². The minimum absolute atomic E-state index is 0.239. The Bertz CT molecular complexity index is 252. The van der Waals surface area contributed by atoms with Gasteiger partial charge in [-0.15, -0.1) is 0 Å². The van der Waals surface area contributed by atoms with E-state index in [4.69, 9.17) is 10.2 Å². The van der Waals surface area contributed by atoms with E-state index in [0.717, 1.165) is 12.8 Å². The van der Waals surface area contributed by atoms with Crippen LogP contribution in [0.5, 0.6) is 0 Å².